The van der Waals surface area contributed by atoms with Crippen molar-refractivity contribution in [2.24, 2.45) is 5.92 Å². The van der Waals surface area contributed by atoms with Gasteiger partial charge >= 0.3 is 6.03 Å². The van der Waals surface area contributed by atoms with Crippen molar-refractivity contribution in [2.75, 3.05) is 13.1 Å². The lowest BCUT2D eigenvalue weighted by atomic mass is 9.84. The summed E-state index contributed by atoms with van der Waals surface area (Å²) < 4.78 is 0. The predicted molar refractivity (Wildman–Crippen MR) is 116 cm³/mol. The van der Waals surface area contributed by atoms with Crippen LogP contribution in [0.4, 0.5) is 4.79 Å². The number of amides is 3. The molecule has 2 aromatic rings. The lowest BCUT2D eigenvalue weighted by molar-refractivity contribution is -0.127. The molecule has 0 spiro atoms. The van der Waals surface area contributed by atoms with Crippen LogP contribution in [0.25, 0.3) is 0 Å². The average Bonchev–Trinajstić information content (AvgIpc) is 2.74. The molecule has 29 heavy (non-hydrogen) atoms. The maximum atomic E-state index is 13.1. The molecule has 5 heteroatoms. The highest BCUT2D eigenvalue weighted by Gasteiger charge is 2.35. The van der Waals surface area contributed by atoms with Crippen molar-refractivity contribution in [2.45, 2.75) is 45.2 Å². The Bertz CT molecular complexity index is 807. The third-order valence-corrected chi connectivity index (χ3v) is 5.45. The van der Waals surface area contributed by atoms with Gasteiger partial charge in [0, 0.05) is 25.0 Å². The highest BCUT2D eigenvalue weighted by molar-refractivity contribution is 5.81. The minimum atomic E-state index is -0.238. The summed E-state index contributed by atoms with van der Waals surface area (Å²) in [5, 5.41) is 6.11. The normalized spacial score (nSPS) is 20.2. The summed E-state index contributed by atoms with van der Waals surface area (Å²) >= 11 is 0. The number of carbonyl (C=O) groups excluding carboxylic acids is 2. The Morgan fingerprint density at radius 1 is 0.897 bits per heavy atom. The molecule has 0 aromatic heterocycles. The van der Waals surface area contributed by atoms with Gasteiger partial charge in [0.2, 0.25) is 5.91 Å². The molecular weight excluding hydrogens is 362 g/mol. The molecule has 1 heterocycles. The van der Waals surface area contributed by atoms with Gasteiger partial charge in [-0.3, -0.25) is 4.79 Å². The summed E-state index contributed by atoms with van der Waals surface area (Å²) in [6, 6.07) is 20.0. The number of hydrogen-bond acceptors (Lipinski definition) is 2. The van der Waals surface area contributed by atoms with E-state index in [4.69, 9.17) is 0 Å². The Kier molecular flexibility index (Phi) is 6.91. The van der Waals surface area contributed by atoms with E-state index in [2.05, 4.69) is 22.8 Å². The van der Waals surface area contributed by atoms with Gasteiger partial charge in [0.1, 0.15) is 0 Å². The second-order valence-electron chi connectivity index (χ2n) is 8.19. The van der Waals surface area contributed by atoms with Crippen molar-refractivity contribution < 1.29 is 9.59 Å². The number of urea groups is 1. The predicted octanol–water partition coefficient (Wildman–Crippen LogP) is 4.09. The van der Waals surface area contributed by atoms with Gasteiger partial charge in [-0.25, -0.2) is 4.79 Å². The number of likely N-dealkylation sites (tertiary alicyclic amines) is 1. The highest BCUT2D eigenvalue weighted by atomic mass is 16.2. The molecule has 0 saturated carbocycles. The van der Waals surface area contributed by atoms with E-state index in [1.165, 1.54) is 5.56 Å². The quantitative estimate of drug-likeness (QED) is 0.804. The van der Waals surface area contributed by atoms with Crippen LogP contribution in [0.15, 0.2) is 60.7 Å². The van der Waals surface area contributed by atoms with E-state index in [0.717, 1.165) is 12.0 Å². The maximum absolute atomic E-state index is 13.1. The van der Waals surface area contributed by atoms with Crippen LogP contribution >= 0.6 is 0 Å². The summed E-state index contributed by atoms with van der Waals surface area (Å²) in [6.07, 6.45) is 0.739. The van der Waals surface area contributed by atoms with Gasteiger partial charge in [-0.2, -0.15) is 0 Å². The molecule has 3 rings (SSSR count). The largest absolute Gasteiger partial charge is 0.349 e. The van der Waals surface area contributed by atoms with Crippen LogP contribution in [0.3, 0.4) is 0 Å². The number of nitrogens with one attached hydrogen (secondary N) is 2. The van der Waals surface area contributed by atoms with E-state index < -0.39 is 0 Å². The zero-order valence-corrected chi connectivity index (χ0v) is 17.5. The number of nitrogens with zero attached hydrogens (tertiary/aromatic N) is 1. The van der Waals surface area contributed by atoms with Crippen LogP contribution in [-0.4, -0.2) is 36.0 Å². The number of piperidine rings is 1. The van der Waals surface area contributed by atoms with E-state index in [-0.39, 0.29) is 35.9 Å². The Hall–Kier alpha value is -2.82. The lowest BCUT2D eigenvalue weighted by Crippen LogP contribution is -2.52. The Balaban J connectivity index is 1.74. The molecule has 0 aliphatic carbocycles. The fraction of sp³-hybridized carbons (Fsp3) is 0.417. The molecule has 1 aliphatic rings. The van der Waals surface area contributed by atoms with Crippen LogP contribution in [0.1, 0.15) is 50.3 Å². The monoisotopic (exact) mass is 393 g/mol. The smallest absolute Gasteiger partial charge is 0.317 e. The molecule has 1 fully saturated rings. The minimum absolute atomic E-state index is 0.00401. The molecule has 3 atom stereocenters. The van der Waals surface area contributed by atoms with Crippen molar-refractivity contribution >= 4 is 11.9 Å². The van der Waals surface area contributed by atoms with E-state index in [0.29, 0.717) is 13.1 Å². The molecule has 2 aromatic carbocycles. The first-order valence-corrected chi connectivity index (χ1v) is 10.4. The zero-order chi connectivity index (χ0) is 20.8. The van der Waals surface area contributed by atoms with Crippen LogP contribution in [0, 0.1) is 5.92 Å². The fourth-order valence-electron chi connectivity index (χ4n) is 3.92. The number of rotatable bonds is 5. The van der Waals surface area contributed by atoms with E-state index in [1.54, 1.807) is 4.90 Å². The first-order valence-electron chi connectivity index (χ1n) is 10.4. The summed E-state index contributed by atoms with van der Waals surface area (Å²) in [5.41, 5.74) is 2.24. The molecule has 154 valence electrons. The molecule has 3 amide bonds. The van der Waals surface area contributed by atoms with Gasteiger partial charge in [0.05, 0.1) is 12.0 Å². The number of hydrogen-bond donors (Lipinski definition) is 2. The first kappa shape index (κ1) is 20.9. The van der Waals surface area contributed by atoms with Crippen molar-refractivity contribution in [3.63, 3.8) is 0 Å². The van der Waals surface area contributed by atoms with Gasteiger partial charge in [0.15, 0.2) is 0 Å². The average molecular weight is 394 g/mol. The van der Waals surface area contributed by atoms with E-state index in [9.17, 15) is 9.59 Å². The third kappa shape index (κ3) is 5.59. The topological polar surface area (TPSA) is 61.4 Å². The maximum Gasteiger partial charge on any atom is 0.317 e. The molecule has 2 N–H and O–H groups in total. The van der Waals surface area contributed by atoms with E-state index >= 15 is 0 Å². The van der Waals surface area contributed by atoms with Crippen molar-refractivity contribution in [1.29, 1.82) is 0 Å². The van der Waals surface area contributed by atoms with Crippen LogP contribution in [-0.2, 0) is 4.79 Å². The third-order valence-electron chi connectivity index (χ3n) is 5.45. The Morgan fingerprint density at radius 3 is 2.14 bits per heavy atom. The molecule has 0 bridgehead atoms. The van der Waals surface area contributed by atoms with Crippen LogP contribution in [0.2, 0.25) is 0 Å². The molecular formula is C24H31N3O2. The highest BCUT2D eigenvalue weighted by Crippen LogP contribution is 2.31. The zero-order valence-electron chi connectivity index (χ0n) is 17.5. The molecule has 1 saturated heterocycles. The summed E-state index contributed by atoms with van der Waals surface area (Å²) in [6.45, 7) is 6.95. The number of benzene rings is 2. The Labute approximate surface area is 173 Å². The van der Waals surface area contributed by atoms with Gasteiger partial charge in [-0.05, 0) is 38.3 Å². The summed E-state index contributed by atoms with van der Waals surface area (Å²) in [5.74, 6) is -0.0898. The summed E-state index contributed by atoms with van der Waals surface area (Å²) in [4.78, 5) is 27.6. The Morgan fingerprint density at radius 2 is 1.52 bits per heavy atom. The standard InChI is InChI=1S/C24H31N3O2/c1-17(2)25-24(29)27-15-21(20-12-8-5-9-13-20)14-22(16-27)23(28)26-18(3)19-10-6-4-7-11-19/h4-13,17-18,21-22H,14-16H2,1-3H3,(H,25,29)(H,26,28)/t18-,21-,22-/m1/s1. The molecule has 0 radical (unpaired) electrons. The second kappa shape index (κ2) is 9.59. The minimum Gasteiger partial charge on any atom is -0.349 e. The van der Waals surface area contributed by atoms with Gasteiger partial charge in [-0.1, -0.05) is 60.7 Å². The van der Waals surface area contributed by atoms with Crippen LogP contribution in [0.5, 0.6) is 0 Å². The van der Waals surface area contributed by atoms with Crippen molar-refractivity contribution in [3.8, 4) is 0 Å². The SMILES string of the molecule is CC(C)NC(=O)N1C[C@H](C(=O)N[C@H](C)c2ccccc2)C[C@@H](c2ccccc2)C1. The van der Waals surface area contributed by atoms with E-state index in [1.807, 2.05) is 69.3 Å². The van der Waals surface area contributed by atoms with Gasteiger partial charge < -0.3 is 15.5 Å². The van der Waals surface area contributed by atoms with Gasteiger partial charge in [-0.15, -0.1) is 0 Å². The first-order chi connectivity index (χ1) is 13.9. The second-order valence-corrected chi connectivity index (χ2v) is 8.19. The van der Waals surface area contributed by atoms with Crippen molar-refractivity contribution in [3.05, 3.63) is 71.8 Å². The van der Waals surface area contributed by atoms with Crippen LogP contribution < -0.4 is 10.6 Å². The molecule has 1 aliphatic heterocycles. The lowest BCUT2D eigenvalue weighted by Gasteiger charge is -2.38. The fourth-order valence-corrected chi connectivity index (χ4v) is 3.92. The van der Waals surface area contributed by atoms with Gasteiger partial charge in [0.25, 0.3) is 0 Å². The number of carbonyl (C=O) groups is 2. The molecule has 0 unspecified atom stereocenters. The summed E-state index contributed by atoms with van der Waals surface area (Å²) in [7, 11) is 0. The van der Waals surface area contributed by atoms with Crippen molar-refractivity contribution in [1.82, 2.24) is 15.5 Å². The molecule has 5 nitrogen and oxygen atoms in total.